The van der Waals surface area contributed by atoms with Crippen LogP contribution in [0.1, 0.15) is 5.69 Å². The summed E-state index contributed by atoms with van der Waals surface area (Å²) in [5, 5.41) is 13.6. The highest BCUT2D eigenvalue weighted by atomic mass is 32.2. The molecule has 5 rings (SSSR count). The van der Waals surface area contributed by atoms with E-state index in [1.54, 1.807) is 48.7 Å². The van der Waals surface area contributed by atoms with E-state index in [9.17, 15) is 18.0 Å². The summed E-state index contributed by atoms with van der Waals surface area (Å²) in [5.74, 6) is 0.501. The first-order valence-corrected chi connectivity index (χ1v) is 12.3. The van der Waals surface area contributed by atoms with E-state index in [1.807, 2.05) is 0 Å². The molecule has 12 nitrogen and oxygen atoms in total. The predicted octanol–water partition coefficient (Wildman–Crippen LogP) is 0.818. The van der Waals surface area contributed by atoms with Crippen molar-refractivity contribution in [1.82, 2.24) is 29.5 Å². The summed E-state index contributed by atoms with van der Waals surface area (Å²) in [6.45, 7) is 0.497. The smallest absolute Gasteiger partial charge is 0.328 e. The van der Waals surface area contributed by atoms with Gasteiger partial charge in [-0.3, -0.25) is 14.0 Å². The number of aryl methyl sites for hydroxylation is 1. The molecule has 14 heteroatoms. The highest BCUT2D eigenvalue weighted by Crippen LogP contribution is 2.28. The van der Waals surface area contributed by atoms with Crippen LogP contribution in [-0.4, -0.2) is 37.9 Å². The van der Waals surface area contributed by atoms with Crippen molar-refractivity contribution >= 4 is 42.5 Å². The summed E-state index contributed by atoms with van der Waals surface area (Å²) >= 11 is 0.959. The highest BCUT2D eigenvalue weighted by Gasteiger charge is 2.15. The Balaban J connectivity index is 1.26. The second kappa shape index (κ2) is 8.48. The molecule has 0 aliphatic rings. The number of aromatic amines is 1. The van der Waals surface area contributed by atoms with Crippen molar-refractivity contribution in [3.8, 4) is 5.75 Å². The Morgan fingerprint density at radius 3 is 2.76 bits per heavy atom. The van der Waals surface area contributed by atoms with Crippen LogP contribution >= 0.6 is 11.3 Å². The van der Waals surface area contributed by atoms with Gasteiger partial charge in [-0.25, -0.2) is 23.3 Å². The molecular formula is C20H17N7O5S2. The number of nitrogens with two attached hydrogens (primary N) is 1. The second-order valence-electron chi connectivity index (χ2n) is 7.35. The van der Waals surface area contributed by atoms with Crippen molar-refractivity contribution in [3.05, 3.63) is 75.2 Å². The standard InChI is InChI=1S/C20H17N7O5S2/c21-34(30,31)20-23-16-6-5-13(9-17(16)33-20)32-11-12-10-26(25-24-12)7-8-27-18(28)14-3-1-2-4-15(14)22-19(27)29/h1-6,9-10H,7-8,11H2,(H,22,29)(H2,21,30,31). The van der Waals surface area contributed by atoms with Crippen LogP contribution in [0.4, 0.5) is 0 Å². The number of hydrogen-bond acceptors (Lipinski definition) is 9. The van der Waals surface area contributed by atoms with Crippen molar-refractivity contribution in [2.75, 3.05) is 0 Å². The average Bonchev–Trinajstić information content (AvgIpc) is 3.44. The van der Waals surface area contributed by atoms with Gasteiger partial charge in [0.1, 0.15) is 18.1 Å². The summed E-state index contributed by atoms with van der Waals surface area (Å²) in [6, 6.07) is 11.8. The zero-order valence-corrected chi connectivity index (χ0v) is 19.0. The molecule has 2 aromatic carbocycles. The molecule has 0 atom stereocenters. The van der Waals surface area contributed by atoms with Gasteiger partial charge in [-0.15, -0.1) is 16.4 Å². The van der Waals surface area contributed by atoms with E-state index in [2.05, 4.69) is 20.3 Å². The number of primary sulfonamides is 1. The van der Waals surface area contributed by atoms with E-state index in [1.165, 1.54) is 4.68 Å². The molecule has 0 fully saturated rings. The Hall–Kier alpha value is -3.88. The molecular weight excluding hydrogens is 482 g/mol. The van der Waals surface area contributed by atoms with Gasteiger partial charge in [-0.05, 0) is 30.3 Å². The lowest BCUT2D eigenvalue weighted by Crippen LogP contribution is -2.36. The van der Waals surface area contributed by atoms with Crippen LogP contribution in [0.2, 0.25) is 0 Å². The maximum absolute atomic E-state index is 12.6. The van der Waals surface area contributed by atoms with E-state index in [0.29, 0.717) is 32.6 Å². The number of nitrogens with zero attached hydrogens (tertiary/aromatic N) is 5. The molecule has 0 spiro atoms. The fourth-order valence-corrected chi connectivity index (χ4v) is 5.06. The van der Waals surface area contributed by atoms with Crippen molar-refractivity contribution in [2.45, 2.75) is 24.0 Å². The van der Waals surface area contributed by atoms with E-state index in [0.717, 1.165) is 15.9 Å². The average molecular weight is 500 g/mol. The minimum atomic E-state index is -3.87. The van der Waals surface area contributed by atoms with Crippen molar-refractivity contribution in [1.29, 1.82) is 0 Å². The number of nitrogens with one attached hydrogen (secondary N) is 1. The molecule has 3 heterocycles. The summed E-state index contributed by atoms with van der Waals surface area (Å²) in [4.78, 5) is 31.6. The lowest BCUT2D eigenvalue weighted by molar-refractivity contribution is 0.301. The maximum Gasteiger partial charge on any atom is 0.328 e. The number of para-hydroxylation sites is 1. The Kier molecular flexibility index (Phi) is 5.47. The summed E-state index contributed by atoms with van der Waals surface area (Å²) in [7, 11) is -3.87. The molecule has 0 saturated heterocycles. The predicted molar refractivity (Wildman–Crippen MR) is 124 cm³/mol. The quantitative estimate of drug-likeness (QED) is 0.332. The number of H-pyrrole nitrogens is 1. The molecule has 34 heavy (non-hydrogen) atoms. The number of ether oxygens (including phenoxy) is 1. The van der Waals surface area contributed by atoms with E-state index in [-0.39, 0.29) is 29.6 Å². The number of thiazole rings is 1. The molecule has 0 radical (unpaired) electrons. The van der Waals surface area contributed by atoms with Gasteiger partial charge in [0, 0.05) is 0 Å². The molecule has 3 N–H and O–H groups in total. The lowest BCUT2D eigenvalue weighted by Gasteiger charge is -2.06. The van der Waals surface area contributed by atoms with Crippen molar-refractivity contribution in [3.63, 3.8) is 0 Å². The molecule has 174 valence electrons. The second-order valence-corrected chi connectivity index (χ2v) is 10.1. The highest BCUT2D eigenvalue weighted by molar-refractivity contribution is 7.91. The number of sulfonamides is 1. The first-order chi connectivity index (χ1) is 16.3. The van der Waals surface area contributed by atoms with Gasteiger partial charge < -0.3 is 9.72 Å². The molecule has 0 aliphatic carbocycles. The van der Waals surface area contributed by atoms with Crippen LogP contribution in [0.25, 0.3) is 21.1 Å². The van der Waals surface area contributed by atoms with E-state index >= 15 is 0 Å². The molecule has 0 saturated carbocycles. The third kappa shape index (κ3) is 4.33. The van der Waals surface area contributed by atoms with Gasteiger partial charge >= 0.3 is 5.69 Å². The number of benzene rings is 2. The van der Waals surface area contributed by atoms with Crippen LogP contribution in [0.5, 0.6) is 5.75 Å². The van der Waals surface area contributed by atoms with Gasteiger partial charge in [0.25, 0.3) is 15.6 Å². The number of hydrogen-bond donors (Lipinski definition) is 2. The molecule has 3 aromatic heterocycles. The zero-order valence-electron chi connectivity index (χ0n) is 17.4. The Morgan fingerprint density at radius 1 is 1.12 bits per heavy atom. The Morgan fingerprint density at radius 2 is 1.94 bits per heavy atom. The van der Waals surface area contributed by atoms with Crippen LogP contribution in [0.15, 0.2) is 62.6 Å². The Bertz CT molecular complexity index is 1750. The third-order valence-corrected chi connectivity index (χ3v) is 7.34. The number of rotatable bonds is 7. The van der Waals surface area contributed by atoms with E-state index < -0.39 is 15.7 Å². The van der Waals surface area contributed by atoms with Crippen molar-refractivity contribution in [2.24, 2.45) is 5.14 Å². The third-order valence-electron chi connectivity index (χ3n) is 5.00. The lowest BCUT2D eigenvalue weighted by atomic mass is 10.2. The molecule has 0 aliphatic heterocycles. The summed E-state index contributed by atoms with van der Waals surface area (Å²) < 4.78 is 31.8. The molecule has 0 amide bonds. The minimum Gasteiger partial charge on any atom is -0.487 e. The van der Waals surface area contributed by atoms with Gasteiger partial charge in [0.2, 0.25) is 4.34 Å². The van der Waals surface area contributed by atoms with Crippen LogP contribution in [0.3, 0.4) is 0 Å². The molecule has 5 aromatic rings. The van der Waals surface area contributed by atoms with Crippen LogP contribution < -0.4 is 21.1 Å². The van der Waals surface area contributed by atoms with Crippen molar-refractivity contribution < 1.29 is 13.2 Å². The molecule has 0 bridgehead atoms. The summed E-state index contributed by atoms with van der Waals surface area (Å²) in [5.41, 5.74) is 0.676. The SMILES string of the molecule is NS(=O)(=O)c1nc2ccc(OCc3cn(CCn4c(=O)[nH]c5ccccc5c4=O)nn3)cc2s1. The fraction of sp³-hybridized carbons (Fsp3) is 0.150. The Labute approximate surface area is 195 Å². The van der Waals surface area contributed by atoms with Crippen LogP contribution in [0, 0.1) is 0 Å². The minimum absolute atomic E-state index is 0.114. The maximum atomic E-state index is 12.6. The number of fused-ring (bicyclic) bond motifs is 2. The largest absolute Gasteiger partial charge is 0.487 e. The first-order valence-electron chi connectivity index (χ1n) is 9.95. The summed E-state index contributed by atoms with van der Waals surface area (Å²) in [6.07, 6.45) is 1.66. The van der Waals surface area contributed by atoms with Gasteiger partial charge in [0.05, 0.1) is 40.4 Å². The van der Waals surface area contributed by atoms with Crippen LogP contribution in [-0.2, 0) is 29.7 Å². The number of aromatic nitrogens is 6. The van der Waals surface area contributed by atoms with Gasteiger partial charge in [-0.2, -0.15) is 0 Å². The fourth-order valence-electron chi connectivity index (χ4n) is 3.37. The topological polar surface area (TPSA) is 168 Å². The van der Waals surface area contributed by atoms with E-state index in [4.69, 9.17) is 9.88 Å². The normalized spacial score (nSPS) is 11.9. The first kappa shape index (κ1) is 21.9. The van der Waals surface area contributed by atoms with Gasteiger partial charge in [0.15, 0.2) is 0 Å². The van der Waals surface area contributed by atoms with Gasteiger partial charge in [-0.1, -0.05) is 17.3 Å². The zero-order chi connectivity index (χ0) is 23.9. The monoisotopic (exact) mass is 499 g/mol. The molecule has 0 unspecified atom stereocenters.